The molecule has 26 heavy (non-hydrogen) atoms. The van der Waals surface area contributed by atoms with Crippen LogP contribution in [0.25, 0.3) is 0 Å². The lowest BCUT2D eigenvalue weighted by molar-refractivity contribution is -0.121. The van der Waals surface area contributed by atoms with E-state index in [1.54, 1.807) is 17.0 Å². The molecule has 138 valence electrons. The number of aryl methyl sites for hydroxylation is 1. The number of para-hydroxylation sites is 1. The van der Waals surface area contributed by atoms with Gasteiger partial charge in [-0.2, -0.15) is 17.0 Å². The Hall–Kier alpha value is -2.23. The molecule has 1 amide bonds. The first-order chi connectivity index (χ1) is 12.3. The van der Waals surface area contributed by atoms with Crippen LogP contribution < -0.4 is 5.32 Å². The predicted molar refractivity (Wildman–Crippen MR) is 96.6 cm³/mol. The fourth-order valence-electron chi connectivity index (χ4n) is 4.10. The molecule has 1 aromatic carbocycles. The monoisotopic (exact) mass is 375 g/mol. The molecular weight excluding hydrogens is 354 g/mol. The fraction of sp³-hybridized carbons (Fsp3) is 0.412. The summed E-state index contributed by atoms with van der Waals surface area (Å²) >= 11 is 0. The van der Waals surface area contributed by atoms with Crippen LogP contribution in [0.2, 0.25) is 0 Å². The molecule has 2 aliphatic rings. The molecule has 1 aromatic heterocycles. The SMILES string of the molecule is CN(C)S(=O)(=O)N1CC[C@]2(C(=O)Nc3ccccc32)[C@@H]1c1nccn1C. The van der Waals surface area contributed by atoms with Crippen molar-refractivity contribution in [3.63, 3.8) is 0 Å². The Morgan fingerprint density at radius 3 is 2.69 bits per heavy atom. The number of fused-ring (bicyclic) bond motifs is 2. The van der Waals surface area contributed by atoms with Gasteiger partial charge < -0.3 is 9.88 Å². The number of hydrogen-bond donors (Lipinski definition) is 1. The Labute approximate surface area is 152 Å². The van der Waals surface area contributed by atoms with Crippen molar-refractivity contribution < 1.29 is 13.2 Å². The van der Waals surface area contributed by atoms with E-state index in [1.165, 1.54) is 22.7 Å². The van der Waals surface area contributed by atoms with Gasteiger partial charge in [0, 0.05) is 45.8 Å². The van der Waals surface area contributed by atoms with Crippen LogP contribution in [-0.4, -0.2) is 53.1 Å². The molecule has 8 nitrogen and oxygen atoms in total. The summed E-state index contributed by atoms with van der Waals surface area (Å²) in [6.45, 7) is 0.250. The maximum atomic E-state index is 13.1. The van der Waals surface area contributed by atoms with Crippen molar-refractivity contribution in [1.82, 2.24) is 18.2 Å². The van der Waals surface area contributed by atoms with Gasteiger partial charge in [-0.25, -0.2) is 4.98 Å². The van der Waals surface area contributed by atoms with Gasteiger partial charge in [-0.05, 0) is 18.1 Å². The standard InChI is InChI=1S/C17H21N5O3S/c1-20(2)26(24,25)22-10-8-17(14(22)15-18-9-11-21(15)3)12-6-4-5-7-13(12)19-16(17)23/h4-7,9,11,14H,8,10H2,1-3H3,(H,19,23)/t14-,17+/m0/s1. The largest absolute Gasteiger partial charge is 0.337 e. The van der Waals surface area contributed by atoms with Crippen LogP contribution in [0.5, 0.6) is 0 Å². The van der Waals surface area contributed by atoms with Gasteiger partial charge >= 0.3 is 0 Å². The number of benzene rings is 1. The average molecular weight is 375 g/mol. The van der Waals surface area contributed by atoms with Gasteiger partial charge in [-0.15, -0.1) is 0 Å². The second-order valence-corrected chi connectivity index (χ2v) is 9.02. The number of carbonyl (C=O) groups excluding carboxylic acids is 1. The third-order valence-electron chi connectivity index (χ3n) is 5.40. The number of carbonyl (C=O) groups is 1. The van der Waals surface area contributed by atoms with Crippen molar-refractivity contribution in [3.8, 4) is 0 Å². The van der Waals surface area contributed by atoms with Crippen LogP contribution in [0, 0.1) is 0 Å². The number of rotatable bonds is 3. The lowest BCUT2D eigenvalue weighted by atomic mass is 9.75. The smallest absolute Gasteiger partial charge is 0.282 e. The minimum absolute atomic E-state index is 0.178. The van der Waals surface area contributed by atoms with Crippen LogP contribution in [0.4, 0.5) is 5.69 Å². The summed E-state index contributed by atoms with van der Waals surface area (Å²) in [6.07, 6.45) is 3.79. The van der Waals surface area contributed by atoms with Crippen molar-refractivity contribution in [2.75, 3.05) is 26.0 Å². The number of nitrogens with zero attached hydrogens (tertiary/aromatic N) is 4. The maximum absolute atomic E-state index is 13.1. The van der Waals surface area contributed by atoms with Gasteiger partial charge in [0.05, 0.1) is 0 Å². The van der Waals surface area contributed by atoms with Crippen molar-refractivity contribution in [1.29, 1.82) is 0 Å². The second kappa shape index (κ2) is 5.63. The molecule has 1 spiro atoms. The molecule has 0 unspecified atom stereocenters. The summed E-state index contributed by atoms with van der Waals surface area (Å²) in [6, 6.07) is 6.77. The van der Waals surface area contributed by atoms with E-state index in [1.807, 2.05) is 31.3 Å². The van der Waals surface area contributed by atoms with Crippen molar-refractivity contribution in [2.45, 2.75) is 17.9 Å². The van der Waals surface area contributed by atoms with Crippen molar-refractivity contribution in [3.05, 3.63) is 48.0 Å². The summed E-state index contributed by atoms with van der Waals surface area (Å²) < 4.78 is 30.3. The van der Waals surface area contributed by atoms with Gasteiger partial charge in [0.2, 0.25) is 5.91 Å². The van der Waals surface area contributed by atoms with Crippen molar-refractivity contribution in [2.24, 2.45) is 7.05 Å². The van der Waals surface area contributed by atoms with E-state index in [2.05, 4.69) is 10.3 Å². The lowest BCUT2D eigenvalue weighted by Gasteiger charge is -2.34. The molecular formula is C17H21N5O3S. The number of nitrogens with one attached hydrogen (secondary N) is 1. The summed E-state index contributed by atoms with van der Waals surface area (Å²) in [5, 5.41) is 2.93. The number of hydrogen-bond acceptors (Lipinski definition) is 4. The molecule has 1 N–H and O–H groups in total. The van der Waals surface area contributed by atoms with Crippen molar-refractivity contribution >= 4 is 21.8 Å². The Balaban J connectivity index is 1.97. The number of imidazole rings is 1. The van der Waals surface area contributed by atoms with Gasteiger partial charge in [0.1, 0.15) is 17.3 Å². The summed E-state index contributed by atoms with van der Waals surface area (Å²) in [4.78, 5) is 17.5. The molecule has 3 heterocycles. The fourth-order valence-corrected chi connectivity index (χ4v) is 5.39. The predicted octanol–water partition coefficient (Wildman–Crippen LogP) is 0.863. The Kier molecular flexibility index (Phi) is 3.73. The minimum Gasteiger partial charge on any atom is -0.337 e. The number of amides is 1. The van der Waals surface area contributed by atoms with E-state index in [9.17, 15) is 13.2 Å². The molecule has 1 saturated heterocycles. The quantitative estimate of drug-likeness (QED) is 0.862. The van der Waals surface area contributed by atoms with E-state index in [0.717, 1.165) is 11.3 Å². The normalized spacial score (nSPS) is 25.8. The van der Waals surface area contributed by atoms with E-state index in [4.69, 9.17) is 0 Å². The highest BCUT2D eigenvalue weighted by Gasteiger charge is 2.62. The molecule has 0 aliphatic carbocycles. The first kappa shape index (κ1) is 17.2. The molecule has 1 fully saturated rings. The highest BCUT2D eigenvalue weighted by molar-refractivity contribution is 7.86. The summed E-state index contributed by atoms with van der Waals surface area (Å²) in [7, 11) is 1.09. The number of anilines is 1. The first-order valence-corrected chi connectivity index (χ1v) is 9.77. The van der Waals surface area contributed by atoms with Gasteiger partial charge in [-0.1, -0.05) is 18.2 Å². The molecule has 0 radical (unpaired) electrons. The highest BCUT2D eigenvalue weighted by atomic mass is 32.2. The maximum Gasteiger partial charge on any atom is 0.282 e. The minimum atomic E-state index is -3.72. The van der Waals surface area contributed by atoms with Crippen LogP contribution in [0.3, 0.4) is 0 Å². The van der Waals surface area contributed by atoms with Gasteiger partial charge in [-0.3, -0.25) is 4.79 Å². The molecule has 0 bridgehead atoms. The van der Waals surface area contributed by atoms with E-state index < -0.39 is 21.7 Å². The van der Waals surface area contributed by atoms with E-state index in [-0.39, 0.29) is 12.5 Å². The molecule has 2 aliphatic heterocycles. The van der Waals surface area contributed by atoms with E-state index in [0.29, 0.717) is 12.2 Å². The zero-order valence-corrected chi connectivity index (χ0v) is 15.7. The molecule has 2 atom stereocenters. The Morgan fingerprint density at radius 2 is 2.04 bits per heavy atom. The zero-order chi connectivity index (χ0) is 18.7. The van der Waals surface area contributed by atoms with Crippen LogP contribution in [0.1, 0.15) is 23.9 Å². The molecule has 4 rings (SSSR count). The Morgan fingerprint density at radius 1 is 1.31 bits per heavy atom. The van der Waals surface area contributed by atoms with Crippen LogP contribution in [0.15, 0.2) is 36.7 Å². The molecule has 2 aromatic rings. The summed E-state index contributed by atoms with van der Waals surface area (Å²) in [5.74, 6) is 0.378. The number of aromatic nitrogens is 2. The van der Waals surface area contributed by atoms with Crippen LogP contribution in [-0.2, 0) is 27.5 Å². The third-order valence-corrected chi connectivity index (χ3v) is 7.31. The topological polar surface area (TPSA) is 87.5 Å². The second-order valence-electron chi connectivity index (χ2n) is 6.92. The summed E-state index contributed by atoms with van der Waals surface area (Å²) in [5.41, 5.74) is 0.578. The third kappa shape index (κ3) is 2.11. The highest BCUT2D eigenvalue weighted by Crippen LogP contribution is 2.55. The molecule has 0 saturated carbocycles. The van der Waals surface area contributed by atoms with Gasteiger partial charge in [0.15, 0.2) is 0 Å². The van der Waals surface area contributed by atoms with Gasteiger partial charge in [0.25, 0.3) is 10.2 Å². The lowest BCUT2D eigenvalue weighted by Crippen LogP contribution is -2.46. The van der Waals surface area contributed by atoms with Crippen LogP contribution >= 0.6 is 0 Å². The Bertz CT molecular complexity index is 984. The first-order valence-electron chi connectivity index (χ1n) is 8.37. The average Bonchev–Trinajstić information content (AvgIpc) is 3.26. The molecule has 9 heteroatoms. The van der Waals surface area contributed by atoms with E-state index >= 15 is 0 Å². The zero-order valence-electron chi connectivity index (χ0n) is 14.9.